The van der Waals surface area contributed by atoms with Crippen LogP contribution in [0.25, 0.3) is 11.0 Å². The maximum absolute atomic E-state index is 13.1. The number of aromatic amines is 1. The third-order valence-electron chi connectivity index (χ3n) is 5.83. The van der Waals surface area contributed by atoms with Gasteiger partial charge in [0.2, 0.25) is 10.0 Å². The summed E-state index contributed by atoms with van der Waals surface area (Å²) in [5.41, 5.74) is 2.07. The molecule has 0 saturated heterocycles. The fraction of sp³-hybridized carbons (Fsp3) is 0.417. The van der Waals surface area contributed by atoms with Crippen molar-refractivity contribution in [2.45, 2.75) is 62.9 Å². The van der Waals surface area contributed by atoms with Crippen LogP contribution in [0.2, 0.25) is 0 Å². The van der Waals surface area contributed by atoms with Crippen molar-refractivity contribution in [3.05, 3.63) is 59.9 Å². The summed E-state index contributed by atoms with van der Waals surface area (Å²) in [4.78, 5) is 21.1. The third-order valence-corrected chi connectivity index (χ3v) is 7.35. The Morgan fingerprint density at radius 2 is 1.88 bits per heavy atom. The second kappa shape index (κ2) is 9.42. The van der Waals surface area contributed by atoms with Crippen molar-refractivity contribution in [3.8, 4) is 0 Å². The molecule has 1 saturated carbocycles. The lowest BCUT2D eigenvalue weighted by Gasteiger charge is -2.19. The average Bonchev–Trinajstić information content (AvgIpc) is 3.42. The van der Waals surface area contributed by atoms with E-state index in [1.807, 2.05) is 24.3 Å². The minimum atomic E-state index is -3.67. The number of imidazole rings is 1. The molecule has 7 nitrogen and oxygen atoms in total. The number of carbonyl (C=O) groups is 1. The van der Waals surface area contributed by atoms with Gasteiger partial charge in [-0.25, -0.2) is 18.1 Å². The number of amides is 1. The van der Waals surface area contributed by atoms with E-state index in [1.54, 1.807) is 12.1 Å². The number of para-hydroxylation sites is 2. The van der Waals surface area contributed by atoms with Gasteiger partial charge in [-0.1, -0.05) is 44.9 Å². The minimum absolute atomic E-state index is 0.0269. The van der Waals surface area contributed by atoms with E-state index in [9.17, 15) is 13.2 Å². The van der Waals surface area contributed by atoms with Gasteiger partial charge in [0.1, 0.15) is 5.82 Å². The van der Waals surface area contributed by atoms with Crippen molar-refractivity contribution in [2.75, 3.05) is 0 Å². The predicted octanol–water partition coefficient (Wildman–Crippen LogP) is 4.30. The summed E-state index contributed by atoms with van der Waals surface area (Å²) in [6.07, 6.45) is 4.48. The molecule has 0 bridgehead atoms. The zero-order chi connectivity index (χ0) is 22.7. The standard InChI is InChI=1S/C24H30N4O3S/c1-16(2)14-22(23-25-20-12-5-6-13-21(20)26-23)27-24(29)17-8-7-11-19(15-17)32(30,31)28-18-9-3-4-10-18/h5-8,11-13,15-16,18,22,28H,3-4,9-10,14H2,1-2H3,(H,25,26)(H,27,29). The highest BCUT2D eigenvalue weighted by Crippen LogP contribution is 2.24. The summed E-state index contributed by atoms with van der Waals surface area (Å²) in [6.45, 7) is 4.17. The molecule has 0 aliphatic heterocycles. The lowest BCUT2D eigenvalue weighted by Crippen LogP contribution is -2.33. The van der Waals surface area contributed by atoms with Gasteiger partial charge in [0.15, 0.2) is 0 Å². The molecule has 1 amide bonds. The zero-order valence-electron chi connectivity index (χ0n) is 18.5. The number of H-pyrrole nitrogens is 1. The van der Waals surface area contributed by atoms with Crippen LogP contribution in [0.3, 0.4) is 0 Å². The normalized spacial score (nSPS) is 16.0. The van der Waals surface area contributed by atoms with Crippen LogP contribution in [0, 0.1) is 5.92 Å². The highest BCUT2D eigenvalue weighted by Gasteiger charge is 2.25. The Balaban J connectivity index is 1.55. The van der Waals surface area contributed by atoms with Gasteiger partial charge in [0, 0.05) is 11.6 Å². The first kappa shape index (κ1) is 22.5. The predicted molar refractivity (Wildman–Crippen MR) is 125 cm³/mol. The third kappa shape index (κ3) is 5.19. The molecule has 4 rings (SSSR count). The van der Waals surface area contributed by atoms with Gasteiger partial charge in [-0.05, 0) is 55.5 Å². The summed E-state index contributed by atoms with van der Waals surface area (Å²) in [7, 11) is -3.67. The molecule has 3 N–H and O–H groups in total. The van der Waals surface area contributed by atoms with Crippen LogP contribution in [-0.2, 0) is 10.0 Å². The Morgan fingerprint density at radius 1 is 1.12 bits per heavy atom. The Labute approximate surface area is 189 Å². The Morgan fingerprint density at radius 3 is 2.59 bits per heavy atom. The van der Waals surface area contributed by atoms with Crippen molar-refractivity contribution in [2.24, 2.45) is 5.92 Å². The number of carbonyl (C=O) groups excluding carboxylic acids is 1. The fourth-order valence-corrected chi connectivity index (χ4v) is 5.58. The van der Waals surface area contributed by atoms with Crippen molar-refractivity contribution >= 4 is 27.0 Å². The molecule has 1 unspecified atom stereocenters. The number of benzene rings is 2. The van der Waals surface area contributed by atoms with Crippen LogP contribution in [0.4, 0.5) is 0 Å². The molecule has 2 aromatic carbocycles. The topological polar surface area (TPSA) is 104 Å². The molecular weight excluding hydrogens is 424 g/mol. The molecule has 8 heteroatoms. The highest BCUT2D eigenvalue weighted by molar-refractivity contribution is 7.89. The fourth-order valence-electron chi connectivity index (χ4n) is 4.23. The molecule has 32 heavy (non-hydrogen) atoms. The summed E-state index contributed by atoms with van der Waals surface area (Å²) in [5.74, 6) is 0.699. The van der Waals surface area contributed by atoms with E-state index in [2.05, 4.69) is 33.9 Å². The Bertz CT molecular complexity index is 1160. The molecule has 0 radical (unpaired) electrons. The van der Waals surface area contributed by atoms with E-state index >= 15 is 0 Å². The Hall–Kier alpha value is -2.71. The second-order valence-electron chi connectivity index (χ2n) is 8.93. The first-order valence-corrected chi connectivity index (χ1v) is 12.7. The van der Waals surface area contributed by atoms with Crippen LogP contribution in [0.15, 0.2) is 53.4 Å². The molecule has 1 heterocycles. The Kier molecular flexibility index (Phi) is 6.62. The van der Waals surface area contributed by atoms with Crippen molar-refractivity contribution < 1.29 is 13.2 Å². The highest BCUT2D eigenvalue weighted by atomic mass is 32.2. The summed E-state index contributed by atoms with van der Waals surface area (Å²) in [6, 6.07) is 13.6. The summed E-state index contributed by atoms with van der Waals surface area (Å²) in [5, 5.41) is 3.05. The van der Waals surface area contributed by atoms with Gasteiger partial charge < -0.3 is 10.3 Å². The molecule has 1 fully saturated rings. The first-order valence-electron chi connectivity index (χ1n) is 11.2. The average molecular weight is 455 g/mol. The van der Waals surface area contributed by atoms with Crippen molar-refractivity contribution in [1.82, 2.24) is 20.0 Å². The first-order chi connectivity index (χ1) is 15.3. The van der Waals surface area contributed by atoms with Gasteiger partial charge in [0.25, 0.3) is 5.91 Å². The van der Waals surface area contributed by atoms with Gasteiger partial charge in [-0.3, -0.25) is 4.79 Å². The van der Waals surface area contributed by atoms with E-state index in [-0.39, 0.29) is 22.9 Å². The van der Waals surface area contributed by atoms with Crippen LogP contribution in [0.5, 0.6) is 0 Å². The summed E-state index contributed by atoms with van der Waals surface area (Å²) < 4.78 is 28.4. The number of hydrogen-bond donors (Lipinski definition) is 3. The largest absolute Gasteiger partial charge is 0.342 e. The molecule has 170 valence electrons. The van der Waals surface area contributed by atoms with E-state index in [0.29, 0.717) is 23.7 Å². The molecule has 1 aliphatic carbocycles. The molecule has 0 spiro atoms. The number of rotatable bonds is 8. The smallest absolute Gasteiger partial charge is 0.251 e. The lowest BCUT2D eigenvalue weighted by molar-refractivity contribution is 0.0930. The zero-order valence-corrected chi connectivity index (χ0v) is 19.3. The maximum Gasteiger partial charge on any atom is 0.251 e. The van der Waals surface area contributed by atoms with Crippen LogP contribution in [-0.4, -0.2) is 30.3 Å². The van der Waals surface area contributed by atoms with Crippen LogP contribution < -0.4 is 10.0 Å². The van der Waals surface area contributed by atoms with E-state index < -0.39 is 10.0 Å². The monoisotopic (exact) mass is 454 g/mol. The van der Waals surface area contributed by atoms with Crippen LogP contribution >= 0.6 is 0 Å². The number of aromatic nitrogens is 2. The summed E-state index contributed by atoms with van der Waals surface area (Å²) >= 11 is 0. The maximum atomic E-state index is 13.1. The van der Waals surface area contributed by atoms with Crippen molar-refractivity contribution in [1.29, 1.82) is 0 Å². The van der Waals surface area contributed by atoms with E-state index in [0.717, 1.165) is 36.7 Å². The second-order valence-corrected chi connectivity index (χ2v) is 10.6. The SMILES string of the molecule is CC(C)CC(NC(=O)c1cccc(S(=O)(=O)NC2CCCC2)c1)c1nc2ccccc2[nH]1. The van der Waals surface area contributed by atoms with Gasteiger partial charge in [-0.15, -0.1) is 0 Å². The lowest BCUT2D eigenvalue weighted by atomic mass is 10.0. The molecular formula is C24H30N4O3S. The number of nitrogens with one attached hydrogen (secondary N) is 3. The number of hydrogen-bond acceptors (Lipinski definition) is 4. The number of fused-ring (bicyclic) bond motifs is 1. The van der Waals surface area contributed by atoms with Gasteiger partial charge in [0.05, 0.1) is 22.0 Å². The number of sulfonamides is 1. The van der Waals surface area contributed by atoms with Gasteiger partial charge >= 0.3 is 0 Å². The molecule has 1 aromatic heterocycles. The quantitative estimate of drug-likeness (QED) is 0.472. The minimum Gasteiger partial charge on any atom is -0.342 e. The van der Waals surface area contributed by atoms with E-state index in [4.69, 9.17) is 0 Å². The van der Waals surface area contributed by atoms with Gasteiger partial charge in [-0.2, -0.15) is 0 Å². The molecule has 1 atom stereocenters. The molecule has 3 aromatic rings. The van der Waals surface area contributed by atoms with E-state index in [1.165, 1.54) is 12.1 Å². The van der Waals surface area contributed by atoms with Crippen LogP contribution in [0.1, 0.15) is 68.2 Å². The van der Waals surface area contributed by atoms with Crippen molar-refractivity contribution in [3.63, 3.8) is 0 Å². The molecule has 1 aliphatic rings. The number of nitrogens with zero attached hydrogens (tertiary/aromatic N) is 1.